The molecular weight excluding hydrogens is 697 g/mol. The van der Waals surface area contributed by atoms with Gasteiger partial charge in [0.15, 0.2) is 5.82 Å². The summed E-state index contributed by atoms with van der Waals surface area (Å²) in [5.74, 6) is 1.55. The zero-order chi connectivity index (χ0) is 38.0. The van der Waals surface area contributed by atoms with Gasteiger partial charge in [0.2, 0.25) is 11.8 Å². The van der Waals surface area contributed by atoms with Crippen molar-refractivity contribution < 1.29 is 4.42 Å². The molecule has 5 nitrogen and oxygen atoms in total. The van der Waals surface area contributed by atoms with Gasteiger partial charge in [-0.05, 0) is 80.6 Å². The molecule has 0 atom stereocenters. The Morgan fingerprint density at radius 1 is 0.281 bits per heavy atom. The molecule has 0 amide bonds. The van der Waals surface area contributed by atoms with Crippen molar-refractivity contribution in [1.29, 1.82) is 0 Å². The van der Waals surface area contributed by atoms with E-state index in [2.05, 4.69) is 156 Å². The Morgan fingerprint density at radius 3 is 1.42 bits per heavy atom. The monoisotopic (exact) mass is 730 g/mol. The Labute approximate surface area is 330 Å². The predicted molar refractivity (Wildman–Crippen MR) is 231 cm³/mol. The highest BCUT2D eigenvalue weighted by Gasteiger charge is 2.21. The largest absolute Gasteiger partial charge is 0.416 e. The van der Waals surface area contributed by atoms with E-state index in [1.54, 1.807) is 0 Å². The minimum Gasteiger partial charge on any atom is -0.416 e. The summed E-state index contributed by atoms with van der Waals surface area (Å²) in [6, 6.07) is 70.9. The van der Waals surface area contributed by atoms with Gasteiger partial charge in [-0.2, -0.15) is 0 Å². The molecule has 0 saturated carbocycles. The summed E-state index contributed by atoms with van der Waals surface area (Å²) in [5.41, 5.74) is 12.7. The highest BCUT2D eigenvalue weighted by molar-refractivity contribution is 5.98. The van der Waals surface area contributed by atoms with Gasteiger partial charge in [0.25, 0.3) is 0 Å². The topological polar surface area (TPSA) is 64.7 Å². The molecule has 10 rings (SSSR count). The first-order valence-corrected chi connectivity index (χ1v) is 19.0. The Balaban J connectivity index is 1.13. The van der Waals surface area contributed by atoms with Gasteiger partial charge in [0.1, 0.15) is 0 Å². The molecule has 2 heterocycles. The van der Waals surface area contributed by atoms with Crippen LogP contribution in [0.25, 0.3) is 101 Å². The Hall–Kier alpha value is -7.76. The Bertz CT molecular complexity index is 3010. The van der Waals surface area contributed by atoms with E-state index in [9.17, 15) is 0 Å². The molecule has 0 bridgehead atoms. The third-order valence-corrected chi connectivity index (χ3v) is 10.3. The number of fused-ring (bicyclic) bond motifs is 1. The molecule has 0 N–H and O–H groups in total. The summed E-state index contributed by atoms with van der Waals surface area (Å²) in [7, 11) is 0. The first kappa shape index (κ1) is 33.8. The number of rotatable bonds is 8. The summed E-state index contributed by atoms with van der Waals surface area (Å²) in [6.07, 6.45) is 0. The molecule has 0 radical (unpaired) electrons. The predicted octanol–water partition coefficient (Wildman–Crippen LogP) is 13.3. The van der Waals surface area contributed by atoms with E-state index in [4.69, 9.17) is 14.4 Å². The zero-order valence-electron chi connectivity index (χ0n) is 30.8. The van der Waals surface area contributed by atoms with Crippen molar-refractivity contribution in [2.24, 2.45) is 0 Å². The highest BCUT2D eigenvalue weighted by atomic mass is 16.4. The van der Waals surface area contributed by atoms with Gasteiger partial charge in [-0.1, -0.05) is 170 Å². The van der Waals surface area contributed by atoms with E-state index in [0.29, 0.717) is 17.6 Å². The molecule has 57 heavy (non-hydrogen) atoms. The van der Waals surface area contributed by atoms with E-state index in [-0.39, 0.29) is 0 Å². The van der Waals surface area contributed by atoms with Gasteiger partial charge in [-0.25, -0.2) is 9.97 Å². The summed E-state index contributed by atoms with van der Waals surface area (Å²) in [4.78, 5) is 10.4. The molecule has 10 aromatic rings. The van der Waals surface area contributed by atoms with Crippen LogP contribution in [-0.2, 0) is 0 Å². The summed E-state index contributed by atoms with van der Waals surface area (Å²) < 4.78 is 6.56. The zero-order valence-corrected chi connectivity index (χ0v) is 30.8. The van der Waals surface area contributed by atoms with Crippen molar-refractivity contribution in [3.63, 3.8) is 0 Å². The fraction of sp³-hybridized carbons (Fsp3) is 0. The van der Waals surface area contributed by atoms with Crippen molar-refractivity contribution in [2.75, 3.05) is 0 Å². The summed E-state index contributed by atoms with van der Waals surface area (Å²) in [6.45, 7) is 0. The van der Waals surface area contributed by atoms with Crippen LogP contribution in [0.4, 0.5) is 0 Å². The second kappa shape index (κ2) is 14.8. The van der Waals surface area contributed by atoms with Crippen LogP contribution in [0.5, 0.6) is 0 Å². The number of benzene rings is 8. The smallest absolute Gasteiger partial charge is 0.248 e. The molecular formula is C52H34N4O. The quantitative estimate of drug-likeness (QED) is 0.156. The van der Waals surface area contributed by atoms with Crippen molar-refractivity contribution >= 4 is 10.8 Å². The van der Waals surface area contributed by atoms with Gasteiger partial charge >= 0.3 is 0 Å². The number of nitrogens with zero attached hydrogens (tertiary/aromatic N) is 4. The van der Waals surface area contributed by atoms with E-state index >= 15 is 0 Å². The number of hydrogen-bond donors (Lipinski definition) is 0. The van der Waals surface area contributed by atoms with Gasteiger partial charge < -0.3 is 4.42 Å². The maximum Gasteiger partial charge on any atom is 0.248 e. The van der Waals surface area contributed by atoms with Crippen LogP contribution < -0.4 is 0 Å². The molecule has 0 aliphatic rings. The van der Waals surface area contributed by atoms with Crippen LogP contribution in [0.2, 0.25) is 0 Å². The molecule has 8 aromatic carbocycles. The van der Waals surface area contributed by atoms with Crippen molar-refractivity contribution in [3.05, 3.63) is 206 Å². The van der Waals surface area contributed by atoms with Gasteiger partial charge in [0.05, 0.1) is 11.4 Å². The average Bonchev–Trinajstić information content (AvgIpc) is 3.80. The minimum absolute atomic E-state index is 0.441. The van der Waals surface area contributed by atoms with Crippen LogP contribution in [0.1, 0.15) is 0 Å². The molecule has 0 fully saturated rings. The van der Waals surface area contributed by atoms with Crippen LogP contribution in [0, 0.1) is 0 Å². The molecule has 0 aliphatic heterocycles. The standard InChI is InChI=1S/C52H34N4O/c1-4-16-35(17-5-1)38-24-14-26-42(30-38)48-34-49(54-50(53-48)37-20-8-3-9-21-37)45-29-13-12-28-44(45)46-32-40-22-10-11-23-41(40)33-47(46)52-56-55-51(57-52)43-27-15-25-39(31-43)36-18-6-2-7-19-36/h1-34H. The minimum atomic E-state index is 0.441. The Morgan fingerprint density at radius 2 is 0.754 bits per heavy atom. The molecule has 0 unspecified atom stereocenters. The first-order valence-electron chi connectivity index (χ1n) is 19.0. The summed E-state index contributed by atoms with van der Waals surface area (Å²) >= 11 is 0. The maximum absolute atomic E-state index is 6.56. The van der Waals surface area contributed by atoms with E-state index in [0.717, 1.165) is 83.4 Å². The van der Waals surface area contributed by atoms with Crippen LogP contribution in [0.15, 0.2) is 211 Å². The maximum atomic E-state index is 6.56. The van der Waals surface area contributed by atoms with E-state index < -0.39 is 0 Å². The van der Waals surface area contributed by atoms with Gasteiger partial charge in [-0.3, -0.25) is 0 Å². The third-order valence-electron chi connectivity index (χ3n) is 10.3. The van der Waals surface area contributed by atoms with Crippen molar-refractivity contribution in [1.82, 2.24) is 20.2 Å². The van der Waals surface area contributed by atoms with Crippen molar-refractivity contribution in [2.45, 2.75) is 0 Å². The molecule has 5 heteroatoms. The van der Waals surface area contributed by atoms with Crippen LogP contribution in [0.3, 0.4) is 0 Å². The second-order valence-electron chi connectivity index (χ2n) is 13.9. The van der Waals surface area contributed by atoms with Gasteiger partial charge in [0, 0.05) is 27.8 Å². The third kappa shape index (κ3) is 6.79. The molecule has 0 aliphatic carbocycles. The van der Waals surface area contributed by atoms with E-state index in [1.807, 2.05) is 60.7 Å². The lowest BCUT2D eigenvalue weighted by molar-refractivity contribution is 0.585. The first-order chi connectivity index (χ1) is 28.2. The second-order valence-corrected chi connectivity index (χ2v) is 13.9. The lowest BCUT2D eigenvalue weighted by Crippen LogP contribution is -1.97. The lowest BCUT2D eigenvalue weighted by atomic mass is 9.91. The number of hydrogen-bond acceptors (Lipinski definition) is 5. The highest BCUT2D eigenvalue weighted by Crippen LogP contribution is 2.41. The number of aromatic nitrogens is 4. The fourth-order valence-electron chi connectivity index (χ4n) is 7.43. The van der Waals surface area contributed by atoms with Crippen LogP contribution in [-0.4, -0.2) is 20.2 Å². The average molecular weight is 731 g/mol. The van der Waals surface area contributed by atoms with E-state index in [1.165, 1.54) is 0 Å². The summed E-state index contributed by atoms with van der Waals surface area (Å²) in [5, 5.41) is 11.4. The van der Waals surface area contributed by atoms with Gasteiger partial charge in [-0.15, -0.1) is 10.2 Å². The lowest BCUT2D eigenvalue weighted by Gasteiger charge is -2.15. The van der Waals surface area contributed by atoms with Crippen molar-refractivity contribution in [3.8, 4) is 90.2 Å². The molecule has 0 saturated heterocycles. The SMILES string of the molecule is c1ccc(-c2cccc(-c3cc(-c4ccccc4-c4cc5ccccc5cc4-c4nnc(-c5cccc(-c6ccccc6)c5)o4)nc(-c4ccccc4)n3)c2)cc1. The Kier molecular flexibility index (Phi) is 8.78. The molecule has 2 aromatic heterocycles. The van der Waals surface area contributed by atoms with Crippen LogP contribution >= 0.6 is 0 Å². The molecule has 268 valence electrons. The fourth-order valence-corrected chi connectivity index (χ4v) is 7.43. The molecule has 0 spiro atoms. The normalized spacial score (nSPS) is 11.2.